The Balaban J connectivity index is 1.91. The fourth-order valence-corrected chi connectivity index (χ4v) is 2.21. The lowest BCUT2D eigenvalue weighted by molar-refractivity contribution is -0.114. The highest BCUT2D eigenvalue weighted by Crippen LogP contribution is 2.21. The summed E-state index contributed by atoms with van der Waals surface area (Å²) in [6.07, 6.45) is 0. The number of carbonyl (C=O) groups excluding carboxylic acids is 1. The Bertz CT molecular complexity index is 432. The van der Waals surface area contributed by atoms with Gasteiger partial charge in [-0.25, -0.2) is 5.43 Å². The Kier molecular flexibility index (Phi) is 3.42. The van der Waals surface area contributed by atoms with Gasteiger partial charge < -0.3 is 4.84 Å². The van der Waals surface area contributed by atoms with E-state index in [4.69, 9.17) is 16.4 Å². The number of hydrogen-bond donors (Lipinski definition) is 2. The summed E-state index contributed by atoms with van der Waals surface area (Å²) in [5, 5.41) is 3.80. The van der Waals surface area contributed by atoms with Gasteiger partial charge in [-0.15, -0.1) is 11.3 Å². The SMILES string of the molecule is CC1NNC(=O)C1=NOCc1ccc(Cl)s1. The molecule has 0 radical (unpaired) electrons. The second-order valence-corrected chi connectivity index (χ2v) is 5.08. The fraction of sp³-hybridized carbons (Fsp3) is 0.333. The molecule has 16 heavy (non-hydrogen) atoms. The van der Waals surface area contributed by atoms with Crippen molar-refractivity contribution in [2.45, 2.75) is 19.6 Å². The summed E-state index contributed by atoms with van der Waals surface area (Å²) in [4.78, 5) is 17.3. The van der Waals surface area contributed by atoms with Gasteiger partial charge in [-0.2, -0.15) is 0 Å². The number of hydrogen-bond acceptors (Lipinski definition) is 5. The van der Waals surface area contributed by atoms with E-state index in [2.05, 4.69) is 16.0 Å². The monoisotopic (exact) mass is 259 g/mol. The lowest BCUT2D eigenvalue weighted by Crippen LogP contribution is -2.29. The number of oxime groups is 1. The van der Waals surface area contributed by atoms with Crippen LogP contribution in [0.25, 0.3) is 0 Å². The molecule has 0 saturated carbocycles. The van der Waals surface area contributed by atoms with Crippen molar-refractivity contribution in [1.82, 2.24) is 10.9 Å². The summed E-state index contributed by atoms with van der Waals surface area (Å²) in [6.45, 7) is 2.14. The van der Waals surface area contributed by atoms with Crippen LogP contribution in [0, 0.1) is 0 Å². The molecule has 0 bridgehead atoms. The molecule has 1 aliphatic heterocycles. The Hall–Kier alpha value is -1.11. The van der Waals surface area contributed by atoms with E-state index in [-0.39, 0.29) is 11.9 Å². The first-order chi connectivity index (χ1) is 7.66. The summed E-state index contributed by atoms with van der Waals surface area (Å²) in [5.74, 6) is -0.253. The molecule has 1 aromatic heterocycles. The third kappa shape index (κ3) is 2.52. The largest absolute Gasteiger partial charge is 0.390 e. The molecule has 1 aromatic rings. The maximum absolute atomic E-state index is 11.2. The number of amides is 1. The van der Waals surface area contributed by atoms with Crippen molar-refractivity contribution in [1.29, 1.82) is 0 Å². The summed E-state index contributed by atoms with van der Waals surface area (Å²) >= 11 is 7.19. The van der Waals surface area contributed by atoms with Crippen LogP contribution in [0.5, 0.6) is 0 Å². The normalized spacial score (nSPS) is 22.5. The predicted octanol–water partition coefficient (Wildman–Crippen LogP) is 1.30. The van der Waals surface area contributed by atoms with Crippen molar-refractivity contribution < 1.29 is 9.63 Å². The molecule has 1 amide bonds. The van der Waals surface area contributed by atoms with Crippen LogP contribution < -0.4 is 10.9 Å². The molecular formula is C9H10ClN3O2S. The van der Waals surface area contributed by atoms with Gasteiger partial charge in [0.1, 0.15) is 0 Å². The van der Waals surface area contributed by atoms with Crippen molar-refractivity contribution in [3.63, 3.8) is 0 Å². The van der Waals surface area contributed by atoms with Crippen LogP contribution in [0.15, 0.2) is 17.3 Å². The molecule has 2 heterocycles. The van der Waals surface area contributed by atoms with Gasteiger partial charge in [0, 0.05) is 4.88 Å². The first-order valence-corrected chi connectivity index (χ1v) is 5.86. The van der Waals surface area contributed by atoms with Gasteiger partial charge in [-0.3, -0.25) is 10.2 Å². The van der Waals surface area contributed by atoms with Crippen LogP contribution in [0.4, 0.5) is 0 Å². The van der Waals surface area contributed by atoms with Gasteiger partial charge in [0.25, 0.3) is 5.91 Å². The third-order valence-corrected chi connectivity index (χ3v) is 3.25. The van der Waals surface area contributed by atoms with Crippen LogP contribution in [0.3, 0.4) is 0 Å². The number of nitrogens with one attached hydrogen (secondary N) is 2. The lowest BCUT2D eigenvalue weighted by atomic mass is 10.2. The molecule has 0 aliphatic carbocycles. The Labute approximate surface area is 101 Å². The highest BCUT2D eigenvalue weighted by Gasteiger charge is 2.26. The van der Waals surface area contributed by atoms with Crippen LogP contribution in [0.2, 0.25) is 4.34 Å². The lowest BCUT2D eigenvalue weighted by Gasteiger charge is -2.00. The van der Waals surface area contributed by atoms with E-state index in [1.165, 1.54) is 11.3 Å². The molecule has 2 N–H and O–H groups in total. The summed E-state index contributed by atoms with van der Waals surface area (Å²) in [7, 11) is 0. The summed E-state index contributed by atoms with van der Waals surface area (Å²) in [6, 6.07) is 3.52. The second-order valence-electron chi connectivity index (χ2n) is 3.28. The molecule has 7 heteroatoms. The Morgan fingerprint density at radius 1 is 1.62 bits per heavy atom. The van der Waals surface area contributed by atoms with Gasteiger partial charge in [-0.05, 0) is 19.1 Å². The topological polar surface area (TPSA) is 62.7 Å². The number of thiophene rings is 1. The van der Waals surface area contributed by atoms with Gasteiger partial charge in [0.2, 0.25) is 0 Å². The third-order valence-electron chi connectivity index (χ3n) is 2.04. The minimum Gasteiger partial charge on any atom is -0.390 e. The van der Waals surface area contributed by atoms with Crippen LogP contribution in [0.1, 0.15) is 11.8 Å². The molecule has 86 valence electrons. The zero-order valence-electron chi connectivity index (χ0n) is 8.49. The zero-order chi connectivity index (χ0) is 11.5. The standard InChI is InChI=1S/C9H10ClN3O2S/c1-5-8(9(14)12-11-5)13-15-4-6-2-3-7(10)16-6/h2-3,5,11H,4H2,1H3,(H,12,14). The summed E-state index contributed by atoms with van der Waals surface area (Å²) in [5.41, 5.74) is 5.55. The minimum atomic E-state index is -0.253. The second kappa shape index (κ2) is 4.82. The highest BCUT2D eigenvalue weighted by molar-refractivity contribution is 7.16. The van der Waals surface area contributed by atoms with Crippen LogP contribution in [-0.2, 0) is 16.2 Å². The fourth-order valence-electron chi connectivity index (χ4n) is 1.22. The Morgan fingerprint density at radius 2 is 2.44 bits per heavy atom. The molecule has 1 unspecified atom stereocenters. The number of hydrazine groups is 1. The first kappa shape index (κ1) is 11.4. The highest BCUT2D eigenvalue weighted by atomic mass is 35.5. The molecule has 1 fully saturated rings. The smallest absolute Gasteiger partial charge is 0.284 e. The maximum Gasteiger partial charge on any atom is 0.284 e. The number of rotatable bonds is 3. The minimum absolute atomic E-state index is 0.139. The van der Waals surface area contributed by atoms with Gasteiger partial charge >= 0.3 is 0 Å². The zero-order valence-corrected chi connectivity index (χ0v) is 10.1. The number of carbonyl (C=O) groups is 1. The van der Waals surface area contributed by atoms with Crippen molar-refractivity contribution in [2.24, 2.45) is 5.16 Å². The number of halogens is 1. The van der Waals surface area contributed by atoms with Crippen molar-refractivity contribution in [3.05, 3.63) is 21.3 Å². The molecular weight excluding hydrogens is 250 g/mol. The number of nitrogens with zero attached hydrogens (tertiary/aromatic N) is 1. The van der Waals surface area contributed by atoms with E-state index in [1.807, 2.05) is 13.0 Å². The van der Waals surface area contributed by atoms with Crippen LogP contribution in [-0.4, -0.2) is 17.7 Å². The van der Waals surface area contributed by atoms with Crippen molar-refractivity contribution in [3.8, 4) is 0 Å². The molecule has 0 aromatic carbocycles. The predicted molar refractivity (Wildman–Crippen MR) is 62.3 cm³/mol. The van der Waals surface area contributed by atoms with E-state index < -0.39 is 0 Å². The van der Waals surface area contributed by atoms with Gasteiger partial charge in [0.15, 0.2) is 12.3 Å². The quantitative estimate of drug-likeness (QED) is 0.805. The average molecular weight is 260 g/mol. The van der Waals surface area contributed by atoms with Crippen LogP contribution >= 0.6 is 22.9 Å². The van der Waals surface area contributed by atoms with E-state index in [0.717, 1.165) is 4.88 Å². The maximum atomic E-state index is 11.2. The molecule has 2 rings (SSSR count). The van der Waals surface area contributed by atoms with E-state index >= 15 is 0 Å². The molecule has 5 nitrogen and oxygen atoms in total. The average Bonchev–Trinajstić information content (AvgIpc) is 2.78. The van der Waals surface area contributed by atoms with E-state index in [9.17, 15) is 4.79 Å². The van der Waals surface area contributed by atoms with E-state index in [0.29, 0.717) is 16.7 Å². The van der Waals surface area contributed by atoms with E-state index in [1.54, 1.807) is 6.07 Å². The first-order valence-electron chi connectivity index (χ1n) is 4.67. The van der Waals surface area contributed by atoms with Gasteiger partial charge in [-0.1, -0.05) is 16.8 Å². The van der Waals surface area contributed by atoms with Gasteiger partial charge in [0.05, 0.1) is 10.4 Å². The summed E-state index contributed by atoms with van der Waals surface area (Å²) < 4.78 is 0.708. The molecule has 1 saturated heterocycles. The Morgan fingerprint density at radius 3 is 3.00 bits per heavy atom. The van der Waals surface area contributed by atoms with Crippen molar-refractivity contribution in [2.75, 3.05) is 0 Å². The molecule has 0 spiro atoms. The van der Waals surface area contributed by atoms with Crippen molar-refractivity contribution >= 4 is 34.6 Å². The molecule has 1 atom stereocenters. The molecule has 1 aliphatic rings.